The second-order valence-corrected chi connectivity index (χ2v) is 9.42. The van der Waals surface area contributed by atoms with Crippen molar-refractivity contribution in [2.45, 2.75) is 13.8 Å². The molecule has 2 aromatic carbocycles. The molecule has 0 spiro atoms. The molecule has 0 bridgehead atoms. The van der Waals surface area contributed by atoms with Crippen molar-refractivity contribution in [2.75, 3.05) is 22.9 Å². The van der Waals surface area contributed by atoms with Gasteiger partial charge in [-0.15, -0.1) is 0 Å². The van der Waals surface area contributed by atoms with Crippen molar-refractivity contribution in [2.24, 2.45) is 0 Å². The van der Waals surface area contributed by atoms with Crippen molar-refractivity contribution in [3.8, 4) is 22.5 Å². The lowest BCUT2D eigenvalue weighted by atomic mass is 10.1. The molecule has 4 aromatic rings. The zero-order valence-corrected chi connectivity index (χ0v) is 21.0. The summed E-state index contributed by atoms with van der Waals surface area (Å²) >= 11 is 1.97. The van der Waals surface area contributed by atoms with E-state index in [4.69, 9.17) is 0 Å². The summed E-state index contributed by atoms with van der Waals surface area (Å²) in [5.74, 6) is -0.400. The van der Waals surface area contributed by atoms with Crippen LogP contribution in [0.25, 0.3) is 22.5 Å². The molecule has 11 heteroatoms. The summed E-state index contributed by atoms with van der Waals surface area (Å²) in [6, 6.07) is 18.1. The van der Waals surface area contributed by atoms with Crippen molar-refractivity contribution in [1.29, 1.82) is 0 Å². The van der Waals surface area contributed by atoms with E-state index in [1.807, 2.05) is 36.4 Å². The van der Waals surface area contributed by atoms with Crippen LogP contribution in [0.2, 0.25) is 0 Å². The first-order valence-electron chi connectivity index (χ1n) is 11.0. The molecule has 2 heterocycles. The molecule has 4 rings (SSSR count). The summed E-state index contributed by atoms with van der Waals surface area (Å²) in [7, 11) is 0. The molecule has 9 nitrogen and oxygen atoms in total. The highest BCUT2D eigenvalue weighted by molar-refractivity contribution is 7.21. The Morgan fingerprint density at radius 2 is 1.06 bits per heavy atom. The summed E-state index contributed by atoms with van der Waals surface area (Å²) < 4.78 is 0. The number of carbonyl (C=O) groups is 3. The maximum absolute atomic E-state index is 14.0. The molecule has 0 saturated heterocycles. The Morgan fingerprint density at radius 3 is 1.36 bits per heavy atom. The van der Waals surface area contributed by atoms with Crippen LogP contribution >= 0.6 is 22.7 Å². The van der Waals surface area contributed by atoms with Gasteiger partial charge in [-0.1, -0.05) is 83.3 Å². The topological polar surface area (TPSA) is 124 Å². The molecule has 2 amide bonds. The van der Waals surface area contributed by atoms with Crippen LogP contribution in [0.15, 0.2) is 60.7 Å². The molecular weight excluding hydrogens is 500 g/mol. The van der Waals surface area contributed by atoms with E-state index in [0.29, 0.717) is 22.5 Å². The highest BCUT2D eigenvalue weighted by Crippen LogP contribution is 2.40. The highest BCUT2D eigenvalue weighted by Gasteiger charge is 2.30. The molecule has 0 fully saturated rings. The smallest absolute Gasteiger partial charge is 0.413 e. The van der Waals surface area contributed by atoms with E-state index < -0.39 is 18.0 Å². The second kappa shape index (κ2) is 10.7. The molecule has 2 N–H and O–H groups in total. The highest BCUT2D eigenvalue weighted by atomic mass is 32.1. The van der Waals surface area contributed by atoms with Crippen LogP contribution in [-0.4, -0.2) is 51.2 Å². The number of anilines is 2. The number of amides is 2. The number of carboxylic acid groups (broad SMARTS) is 2. The van der Waals surface area contributed by atoms with Crippen LogP contribution in [0, 0.1) is 0 Å². The van der Waals surface area contributed by atoms with Gasteiger partial charge in [-0.05, 0) is 13.8 Å². The molecule has 0 aliphatic rings. The van der Waals surface area contributed by atoms with Crippen LogP contribution in [0.5, 0.6) is 0 Å². The second-order valence-electron chi connectivity index (χ2n) is 7.46. The number of aromatic nitrogens is 2. The number of benzene rings is 2. The quantitative estimate of drug-likeness (QED) is 0.265. The molecule has 0 aliphatic heterocycles. The van der Waals surface area contributed by atoms with Crippen LogP contribution in [0.1, 0.15) is 28.4 Å². The van der Waals surface area contributed by atoms with Crippen molar-refractivity contribution >= 4 is 50.9 Å². The molecule has 36 heavy (non-hydrogen) atoms. The Hall–Kier alpha value is -4.09. The van der Waals surface area contributed by atoms with Gasteiger partial charge in [0.2, 0.25) is 5.78 Å². The number of nitrogens with zero attached hydrogens (tertiary/aromatic N) is 4. The monoisotopic (exact) mass is 522 g/mol. The zero-order chi connectivity index (χ0) is 25.8. The lowest BCUT2D eigenvalue weighted by molar-refractivity contribution is 0.104. The Kier molecular flexibility index (Phi) is 7.41. The van der Waals surface area contributed by atoms with Gasteiger partial charge in [-0.3, -0.25) is 14.6 Å². The summed E-state index contributed by atoms with van der Waals surface area (Å²) in [6.45, 7) is 3.70. The number of carbonyl (C=O) groups excluding carboxylic acids is 1. The van der Waals surface area contributed by atoms with Gasteiger partial charge >= 0.3 is 12.2 Å². The molecule has 184 valence electrons. The number of thiazole rings is 2. The van der Waals surface area contributed by atoms with Gasteiger partial charge in [0, 0.05) is 24.2 Å². The average Bonchev–Trinajstić information content (AvgIpc) is 3.51. The number of rotatable bonds is 8. The fourth-order valence-corrected chi connectivity index (χ4v) is 5.80. The van der Waals surface area contributed by atoms with Gasteiger partial charge in [0.25, 0.3) is 0 Å². The maximum atomic E-state index is 14.0. The minimum Gasteiger partial charge on any atom is -0.465 e. The van der Waals surface area contributed by atoms with E-state index in [9.17, 15) is 24.6 Å². The van der Waals surface area contributed by atoms with E-state index in [1.54, 1.807) is 38.1 Å². The number of hydrogen-bond donors (Lipinski definition) is 2. The van der Waals surface area contributed by atoms with Crippen LogP contribution < -0.4 is 9.80 Å². The maximum Gasteiger partial charge on any atom is 0.413 e. The van der Waals surface area contributed by atoms with Gasteiger partial charge in [0.15, 0.2) is 10.3 Å². The van der Waals surface area contributed by atoms with Crippen LogP contribution in [-0.2, 0) is 0 Å². The Labute approximate surface area is 214 Å². The van der Waals surface area contributed by atoms with Gasteiger partial charge in [0.1, 0.15) is 9.75 Å². The van der Waals surface area contributed by atoms with Gasteiger partial charge < -0.3 is 10.2 Å². The summed E-state index contributed by atoms with van der Waals surface area (Å²) in [5.41, 5.74) is 2.05. The lowest BCUT2D eigenvalue weighted by Crippen LogP contribution is -2.28. The van der Waals surface area contributed by atoms with E-state index in [0.717, 1.165) is 32.5 Å². The van der Waals surface area contributed by atoms with Crippen LogP contribution in [0.4, 0.5) is 19.9 Å². The average molecular weight is 523 g/mol. The van der Waals surface area contributed by atoms with Crippen LogP contribution in [0.3, 0.4) is 0 Å². The third-order valence-corrected chi connectivity index (χ3v) is 7.45. The normalized spacial score (nSPS) is 10.7. The van der Waals surface area contributed by atoms with E-state index in [1.165, 1.54) is 0 Å². The minimum atomic E-state index is -1.17. The Bertz CT molecular complexity index is 1300. The molecule has 0 saturated carbocycles. The third kappa shape index (κ3) is 4.83. The summed E-state index contributed by atoms with van der Waals surface area (Å²) in [5, 5.41) is 19.6. The van der Waals surface area contributed by atoms with Crippen molar-refractivity contribution in [1.82, 2.24) is 9.97 Å². The van der Waals surface area contributed by atoms with E-state index >= 15 is 0 Å². The van der Waals surface area contributed by atoms with Crippen molar-refractivity contribution in [3.63, 3.8) is 0 Å². The fourth-order valence-electron chi connectivity index (χ4n) is 3.55. The molecule has 0 atom stereocenters. The Balaban J connectivity index is 1.92. The van der Waals surface area contributed by atoms with Crippen molar-refractivity contribution < 1.29 is 24.6 Å². The SMILES string of the molecule is CCN(C(=O)O)c1nc(-c2ccccc2)c(C(=O)c2sc(N(CC)C(=O)O)nc2-c2ccccc2)s1. The molecule has 0 radical (unpaired) electrons. The molecule has 0 unspecified atom stereocenters. The standard InChI is InChI=1S/C25H22N4O5S2/c1-3-28(24(31)32)22-26-17(15-11-7-5-8-12-15)20(35-22)19(30)21-18(16-13-9-6-10-14-16)27-23(36-21)29(4-2)25(33)34/h5-14H,3-4H2,1-2H3,(H,31,32)(H,33,34). The van der Waals surface area contributed by atoms with Gasteiger partial charge in [-0.25, -0.2) is 19.6 Å². The first-order valence-corrected chi connectivity index (χ1v) is 12.7. The number of hydrogen-bond acceptors (Lipinski definition) is 7. The fraction of sp³-hybridized carbons (Fsp3) is 0.160. The van der Waals surface area contributed by atoms with Gasteiger partial charge in [0.05, 0.1) is 11.4 Å². The van der Waals surface area contributed by atoms with Crippen molar-refractivity contribution in [3.05, 3.63) is 70.4 Å². The predicted octanol–water partition coefficient (Wildman–Crippen LogP) is 6.17. The number of ketones is 1. The largest absolute Gasteiger partial charge is 0.465 e. The minimum absolute atomic E-state index is 0.161. The summed E-state index contributed by atoms with van der Waals surface area (Å²) in [6.07, 6.45) is -2.34. The predicted molar refractivity (Wildman–Crippen MR) is 141 cm³/mol. The molecule has 0 aliphatic carbocycles. The first kappa shape index (κ1) is 25.0. The first-order chi connectivity index (χ1) is 17.3. The van der Waals surface area contributed by atoms with Gasteiger partial charge in [-0.2, -0.15) is 0 Å². The molecule has 2 aromatic heterocycles. The Morgan fingerprint density at radius 1 is 0.694 bits per heavy atom. The van der Waals surface area contributed by atoms with E-state index in [-0.39, 0.29) is 33.1 Å². The molecular formula is C25H22N4O5S2. The third-order valence-electron chi connectivity index (χ3n) is 5.29. The van der Waals surface area contributed by atoms with E-state index in [2.05, 4.69) is 9.97 Å². The summed E-state index contributed by atoms with van der Waals surface area (Å²) in [4.78, 5) is 49.3. The zero-order valence-electron chi connectivity index (χ0n) is 19.4. The lowest BCUT2D eigenvalue weighted by Gasteiger charge is -2.12.